The van der Waals surface area contributed by atoms with Crippen molar-refractivity contribution in [1.82, 2.24) is 14.7 Å². The lowest BCUT2D eigenvalue weighted by Gasteiger charge is -2.23. The van der Waals surface area contributed by atoms with Crippen LogP contribution in [0.2, 0.25) is 0 Å². The van der Waals surface area contributed by atoms with Gasteiger partial charge in [-0.1, -0.05) is 30.3 Å². The zero-order valence-corrected chi connectivity index (χ0v) is 14.0. The number of amides is 1. The van der Waals surface area contributed by atoms with Crippen LogP contribution < -0.4 is 0 Å². The van der Waals surface area contributed by atoms with Gasteiger partial charge >= 0.3 is 0 Å². The Morgan fingerprint density at radius 3 is 2.75 bits per heavy atom. The minimum Gasteiger partial charge on any atom is -0.388 e. The Hall–Kier alpha value is -2.14. The summed E-state index contributed by atoms with van der Waals surface area (Å²) in [6.45, 7) is 3.80. The van der Waals surface area contributed by atoms with Gasteiger partial charge in [-0.15, -0.1) is 0 Å². The highest BCUT2D eigenvalue weighted by atomic mass is 16.3. The van der Waals surface area contributed by atoms with Crippen LogP contribution in [0.4, 0.5) is 0 Å². The normalized spacial score (nSPS) is 23.7. The van der Waals surface area contributed by atoms with Gasteiger partial charge in [-0.3, -0.25) is 9.48 Å². The van der Waals surface area contributed by atoms with E-state index in [0.717, 1.165) is 24.1 Å². The van der Waals surface area contributed by atoms with Gasteiger partial charge in [-0.25, -0.2) is 0 Å². The molecule has 1 aromatic heterocycles. The average Bonchev–Trinajstić information content (AvgIpc) is 3.27. The second kappa shape index (κ2) is 5.74. The molecule has 2 fully saturated rings. The molecule has 126 valence electrons. The number of β-amino-alcohol motifs (C(OH)–C–C–N with tert-alkyl or cyclic N) is 1. The van der Waals surface area contributed by atoms with E-state index in [-0.39, 0.29) is 5.91 Å². The Balaban J connectivity index is 1.65. The molecule has 1 aliphatic heterocycles. The number of likely N-dealkylation sites (tertiary alicyclic amines) is 1. The number of aryl methyl sites for hydroxylation is 1. The van der Waals surface area contributed by atoms with Gasteiger partial charge in [0.05, 0.1) is 29.6 Å². The Bertz CT molecular complexity index is 751. The molecule has 0 spiro atoms. The molecule has 1 aliphatic carbocycles. The number of carbonyl (C=O) groups is 1. The van der Waals surface area contributed by atoms with Crippen molar-refractivity contribution in [2.75, 3.05) is 13.1 Å². The molecule has 2 heterocycles. The Kier molecular flexibility index (Phi) is 3.68. The van der Waals surface area contributed by atoms with Crippen molar-refractivity contribution < 1.29 is 9.90 Å². The Morgan fingerprint density at radius 1 is 1.33 bits per heavy atom. The summed E-state index contributed by atoms with van der Waals surface area (Å²) in [4.78, 5) is 14.9. The summed E-state index contributed by atoms with van der Waals surface area (Å²) in [6, 6.07) is 9.92. The number of aromatic nitrogens is 2. The number of nitrogens with zero attached hydrogens (tertiary/aromatic N) is 3. The smallest absolute Gasteiger partial charge is 0.257 e. The SMILES string of the molecule is CCn1ncc(C(=O)N2CCC(O)(C3CC3)C2)c1-c1ccccc1. The first-order chi connectivity index (χ1) is 11.6. The van der Waals surface area contributed by atoms with Crippen LogP contribution in [0, 0.1) is 5.92 Å². The van der Waals surface area contributed by atoms with Gasteiger partial charge in [0.25, 0.3) is 5.91 Å². The van der Waals surface area contributed by atoms with Crippen LogP contribution in [0.1, 0.15) is 36.5 Å². The van der Waals surface area contributed by atoms with Gasteiger partial charge in [-0.05, 0) is 32.1 Å². The van der Waals surface area contributed by atoms with Crippen LogP contribution >= 0.6 is 0 Å². The molecule has 2 aliphatic rings. The number of rotatable bonds is 4. The first kappa shape index (κ1) is 15.4. The summed E-state index contributed by atoms with van der Waals surface area (Å²) in [6.07, 6.45) is 4.53. The molecular formula is C19H23N3O2. The maximum absolute atomic E-state index is 13.1. The Morgan fingerprint density at radius 2 is 2.08 bits per heavy atom. The Labute approximate surface area is 141 Å². The largest absolute Gasteiger partial charge is 0.388 e. The molecule has 5 heteroatoms. The monoisotopic (exact) mass is 325 g/mol. The summed E-state index contributed by atoms with van der Waals surface area (Å²) in [5.74, 6) is 0.354. The topological polar surface area (TPSA) is 58.4 Å². The van der Waals surface area contributed by atoms with Gasteiger partial charge in [0.1, 0.15) is 0 Å². The highest BCUT2D eigenvalue weighted by Crippen LogP contribution is 2.44. The van der Waals surface area contributed by atoms with Crippen LogP contribution in [0.25, 0.3) is 11.3 Å². The molecule has 1 N–H and O–H groups in total. The fourth-order valence-corrected chi connectivity index (χ4v) is 3.80. The van der Waals surface area contributed by atoms with E-state index < -0.39 is 5.60 Å². The summed E-state index contributed by atoms with van der Waals surface area (Å²) in [5, 5.41) is 15.1. The molecule has 1 saturated heterocycles. The molecule has 1 aromatic carbocycles. The highest BCUT2D eigenvalue weighted by molar-refractivity contribution is 6.00. The minimum absolute atomic E-state index is 0.0230. The molecular weight excluding hydrogens is 302 g/mol. The lowest BCUT2D eigenvalue weighted by molar-refractivity contribution is 0.0257. The van der Waals surface area contributed by atoms with E-state index in [0.29, 0.717) is 37.5 Å². The molecule has 0 bridgehead atoms. The molecule has 1 atom stereocenters. The molecule has 2 aromatic rings. The third-order valence-corrected chi connectivity index (χ3v) is 5.32. The standard InChI is InChI=1S/C19H23N3O2/c1-2-22-17(14-6-4-3-5-7-14)16(12-20-22)18(23)21-11-10-19(24,13-21)15-8-9-15/h3-7,12,15,24H,2,8-11,13H2,1H3. The molecule has 1 unspecified atom stereocenters. The zero-order chi connectivity index (χ0) is 16.7. The predicted octanol–water partition coefficient (Wildman–Crippen LogP) is 2.56. The van der Waals surface area contributed by atoms with E-state index in [1.165, 1.54) is 0 Å². The van der Waals surface area contributed by atoms with E-state index in [1.807, 2.05) is 41.9 Å². The van der Waals surface area contributed by atoms with Gasteiger partial charge in [-0.2, -0.15) is 5.10 Å². The fraction of sp³-hybridized carbons (Fsp3) is 0.474. The molecule has 0 radical (unpaired) electrons. The number of benzene rings is 1. The molecule has 1 amide bonds. The van der Waals surface area contributed by atoms with Crippen molar-refractivity contribution in [2.45, 2.75) is 38.3 Å². The molecule has 5 nitrogen and oxygen atoms in total. The summed E-state index contributed by atoms with van der Waals surface area (Å²) in [7, 11) is 0. The number of aliphatic hydroxyl groups is 1. The number of hydrogen-bond acceptors (Lipinski definition) is 3. The second-order valence-electron chi connectivity index (χ2n) is 6.94. The summed E-state index contributed by atoms with van der Waals surface area (Å²) in [5.41, 5.74) is 1.81. The third-order valence-electron chi connectivity index (χ3n) is 5.32. The van der Waals surface area contributed by atoms with Crippen molar-refractivity contribution in [3.8, 4) is 11.3 Å². The maximum atomic E-state index is 13.1. The van der Waals surface area contributed by atoms with Crippen LogP contribution in [-0.4, -0.2) is 44.4 Å². The summed E-state index contributed by atoms with van der Waals surface area (Å²) >= 11 is 0. The van der Waals surface area contributed by atoms with Crippen LogP contribution in [0.5, 0.6) is 0 Å². The molecule has 1 saturated carbocycles. The highest BCUT2D eigenvalue weighted by Gasteiger charge is 2.49. The van der Waals surface area contributed by atoms with Crippen molar-refractivity contribution in [1.29, 1.82) is 0 Å². The van der Waals surface area contributed by atoms with E-state index in [4.69, 9.17) is 0 Å². The number of hydrogen-bond donors (Lipinski definition) is 1. The first-order valence-corrected chi connectivity index (χ1v) is 8.75. The van der Waals surface area contributed by atoms with Gasteiger partial charge in [0.2, 0.25) is 0 Å². The van der Waals surface area contributed by atoms with Crippen LogP contribution in [0.3, 0.4) is 0 Å². The lowest BCUT2D eigenvalue weighted by atomic mass is 9.97. The van der Waals surface area contributed by atoms with Gasteiger partial charge in [0.15, 0.2) is 0 Å². The van der Waals surface area contributed by atoms with Gasteiger partial charge in [0, 0.05) is 18.7 Å². The summed E-state index contributed by atoms with van der Waals surface area (Å²) < 4.78 is 1.87. The molecule has 4 rings (SSSR count). The first-order valence-electron chi connectivity index (χ1n) is 8.75. The maximum Gasteiger partial charge on any atom is 0.257 e. The van der Waals surface area contributed by atoms with Crippen molar-refractivity contribution >= 4 is 5.91 Å². The van der Waals surface area contributed by atoms with Crippen LogP contribution in [0.15, 0.2) is 36.5 Å². The van der Waals surface area contributed by atoms with Gasteiger partial charge < -0.3 is 10.0 Å². The van der Waals surface area contributed by atoms with Crippen molar-refractivity contribution in [2.24, 2.45) is 5.92 Å². The third kappa shape index (κ3) is 2.53. The van der Waals surface area contributed by atoms with E-state index in [1.54, 1.807) is 11.1 Å². The minimum atomic E-state index is -0.677. The predicted molar refractivity (Wildman–Crippen MR) is 91.5 cm³/mol. The van der Waals surface area contributed by atoms with Crippen molar-refractivity contribution in [3.05, 3.63) is 42.1 Å². The second-order valence-corrected chi connectivity index (χ2v) is 6.94. The van der Waals surface area contributed by atoms with E-state index in [2.05, 4.69) is 5.10 Å². The zero-order valence-electron chi connectivity index (χ0n) is 14.0. The number of carbonyl (C=O) groups excluding carboxylic acids is 1. The van der Waals surface area contributed by atoms with Crippen molar-refractivity contribution in [3.63, 3.8) is 0 Å². The van der Waals surface area contributed by atoms with E-state index in [9.17, 15) is 9.90 Å². The van der Waals surface area contributed by atoms with Crippen LogP contribution in [-0.2, 0) is 6.54 Å². The lowest BCUT2D eigenvalue weighted by Crippen LogP contribution is -2.37. The fourth-order valence-electron chi connectivity index (χ4n) is 3.80. The molecule has 24 heavy (non-hydrogen) atoms. The van der Waals surface area contributed by atoms with E-state index >= 15 is 0 Å². The average molecular weight is 325 g/mol. The quantitative estimate of drug-likeness (QED) is 0.940.